The van der Waals surface area contributed by atoms with E-state index in [0.29, 0.717) is 11.8 Å². The maximum atomic E-state index is 13.0. The van der Waals surface area contributed by atoms with Crippen molar-refractivity contribution in [2.75, 3.05) is 36.6 Å². The van der Waals surface area contributed by atoms with Crippen molar-refractivity contribution in [3.8, 4) is 11.5 Å². The number of sulfonamides is 1. The second-order valence-corrected chi connectivity index (χ2v) is 8.36. The van der Waals surface area contributed by atoms with Crippen LogP contribution in [0, 0.1) is 0 Å². The molecule has 0 fully saturated rings. The van der Waals surface area contributed by atoms with Gasteiger partial charge in [-0.05, 0) is 30.3 Å². The quantitative estimate of drug-likeness (QED) is 0.671. The summed E-state index contributed by atoms with van der Waals surface area (Å²) in [5, 5.41) is 1.72. The predicted octanol–water partition coefficient (Wildman–Crippen LogP) is 3.78. The highest BCUT2D eigenvalue weighted by Gasteiger charge is 2.33. The number of hydrogen-bond donors (Lipinski definition) is 1. The molecule has 0 aromatic heterocycles. The highest BCUT2D eigenvalue weighted by atomic mass is 35.5. The van der Waals surface area contributed by atoms with Crippen LogP contribution in [0.4, 0.5) is 24.5 Å². The van der Waals surface area contributed by atoms with Crippen LogP contribution >= 0.6 is 11.6 Å². The van der Waals surface area contributed by atoms with Gasteiger partial charge in [-0.15, -0.1) is 0 Å². The minimum atomic E-state index is -4.71. The first-order valence-corrected chi connectivity index (χ1v) is 10.5. The van der Waals surface area contributed by atoms with Crippen LogP contribution in [0.1, 0.15) is 5.56 Å². The van der Waals surface area contributed by atoms with Crippen LogP contribution in [0.3, 0.4) is 0 Å². The molecule has 0 atom stereocenters. The zero-order valence-electron chi connectivity index (χ0n) is 16.1. The lowest BCUT2D eigenvalue weighted by Crippen LogP contribution is -2.37. The second kappa shape index (κ2) is 9.00. The van der Waals surface area contributed by atoms with Crippen molar-refractivity contribution in [2.24, 2.45) is 0 Å². The van der Waals surface area contributed by atoms with Crippen molar-refractivity contribution in [2.45, 2.75) is 6.18 Å². The van der Waals surface area contributed by atoms with Crippen LogP contribution in [-0.2, 0) is 21.0 Å². The Kier molecular flexibility index (Phi) is 7.09. The monoisotopic (exact) mass is 466 g/mol. The van der Waals surface area contributed by atoms with Gasteiger partial charge in [-0.1, -0.05) is 11.6 Å². The summed E-state index contributed by atoms with van der Waals surface area (Å²) in [6.45, 7) is -0.682. The molecule has 0 spiro atoms. The first kappa shape index (κ1) is 23.6. The van der Waals surface area contributed by atoms with Gasteiger partial charge in [-0.2, -0.15) is 13.2 Å². The number of carbonyl (C=O) groups is 1. The number of halogens is 4. The summed E-state index contributed by atoms with van der Waals surface area (Å²) >= 11 is 5.55. The molecule has 0 aliphatic rings. The standard InChI is InChI=1S/C18H18ClF3N2O5S/c1-28-15-7-5-12(9-16(15)29-2)24(30(3,26)27)10-17(25)23-11-4-6-14(19)13(8-11)18(20,21)22/h4-9H,10H2,1-3H3,(H,23,25). The minimum Gasteiger partial charge on any atom is -0.493 e. The van der Waals surface area contributed by atoms with E-state index in [4.69, 9.17) is 21.1 Å². The smallest absolute Gasteiger partial charge is 0.417 e. The highest BCUT2D eigenvalue weighted by molar-refractivity contribution is 7.92. The van der Waals surface area contributed by atoms with Gasteiger partial charge in [0, 0.05) is 11.8 Å². The lowest BCUT2D eigenvalue weighted by atomic mass is 10.2. The fourth-order valence-corrected chi connectivity index (χ4v) is 3.60. The van der Waals surface area contributed by atoms with Crippen molar-refractivity contribution in [1.29, 1.82) is 0 Å². The Bertz CT molecular complexity index is 1040. The van der Waals surface area contributed by atoms with Gasteiger partial charge in [-0.25, -0.2) is 8.42 Å². The number of rotatable bonds is 7. The summed E-state index contributed by atoms with van der Waals surface area (Å²) < 4.78 is 74.4. The molecular formula is C18H18ClF3N2O5S. The molecule has 2 aromatic carbocycles. The molecule has 0 saturated carbocycles. The molecule has 12 heteroatoms. The van der Waals surface area contributed by atoms with E-state index in [2.05, 4.69) is 5.32 Å². The van der Waals surface area contributed by atoms with Gasteiger partial charge < -0.3 is 14.8 Å². The van der Waals surface area contributed by atoms with Crippen molar-refractivity contribution >= 4 is 38.9 Å². The van der Waals surface area contributed by atoms with Crippen LogP contribution in [0.5, 0.6) is 11.5 Å². The second-order valence-electron chi connectivity index (χ2n) is 6.05. The minimum absolute atomic E-state index is 0.109. The summed E-state index contributed by atoms with van der Waals surface area (Å²) in [6.07, 6.45) is -3.82. The Morgan fingerprint density at radius 3 is 2.27 bits per heavy atom. The summed E-state index contributed by atoms with van der Waals surface area (Å²) in [7, 11) is -1.15. The van der Waals surface area contributed by atoms with Gasteiger partial charge in [0.05, 0.1) is 36.7 Å². The van der Waals surface area contributed by atoms with Gasteiger partial charge in [0.25, 0.3) is 0 Å². The summed E-state index contributed by atoms with van der Waals surface area (Å²) in [5.41, 5.74) is -1.20. The van der Waals surface area contributed by atoms with E-state index in [1.54, 1.807) is 0 Å². The molecule has 1 amide bonds. The Labute approximate surface area is 176 Å². The topological polar surface area (TPSA) is 84.9 Å². The first-order valence-electron chi connectivity index (χ1n) is 8.23. The maximum absolute atomic E-state index is 13.0. The van der Waals surface area contributed by atoms with Crippen molar-refractivity contribution < 1.29 is 35.9 Å². The van der Waals surface area contributed by atoms with E-state index >= 15 is 0 Å². The molecule has 30 heavy (non-hydrogen) atoms. The SMILES string of the molecule is COc1ccc(N(CC(=O)Nc2ccc(Cl)c(C(F)(F)F)c2)S(C)(=O)=O)cc1OC. The van der Waals surface area contributed by atoms with Gasteiger partial charge >= 0.3 is 6.18 Å². The first-order chi connectivity index (χ1) is 13.9. The highest BCUT2D eigenvalue weighted by Crippen LogP contribution is 2.36. The van der Waals surface area contributed by atoms with Crippen molar-refractivity contribution in [3.05, 3.63) is 47.0 Å². The number of nitrogens with zero attached hydrogens (tertiary/aromatic N) is 1. The third kappa shape index (κ3) is 5.70. The van der Waals surface area contributed by atoms with E-state index in [-0.39, 0.29) is 17.1 Å². The van der Waals surface area contributed by atoms with Gasteiger partial charge in [0.2, 0.25) is 15.9 Å². The Morgan fingerprint density at radius 2 is 1.73 bits per heavy atom. The van der Waals surface area contributed by atoms with E-state index < -0.39 is 39.2 Å². The number of anilines is 2. The zero-order chi connectivity index (χ0) is 22.7. The molecule has 0 saturated heterocycles. The van der Waals surface area contributed by atoms with Gasteiger partial charge in [-0.3, -0.25) is 9.10 Å². The number of hydrogen-bond acceptors (Lipinski definition) is 5. The molecule has 2 rings (SSSR count). The average molecular weight is 467 g/mol. The number of methoxy groups -OCH3 is 2. The van der Waals surface area contributed by atoms with Crippen molar-refractivity contribution in [1.82, 2.24) is 0 Å². The average Bonchev–Trinajstić information content (AvgIpc) is 2.65. The van der Waals surface area contributed by atoms with E-state index in [1.807, 2.05) is 0 Å². The molecule has 0 heterocycles. The van der Waals surface area contributed by atoms with E-state index in [0.717, 1.165) is 16.6 Å². The Morgan fingerprint density at radius 1 is 1.10 bits per heavy atom. The molecule has 0 radical (unpaired) electrons. The fraction of sp³-hybridized carbons (Fsp3) is 0.278. The predicted molar refractivity (Wildman–Crippen MR) is 107 cm³/mol. The number of amides is 1. The number of benzene rings is 2. The zero-order valence-corrected chi connectivity index (χ0v) is 17.7. The van der Waals surface area contributed by atoms with E-state index in [1.165, 1.54) is 38.5 Å². The molecule has 0 aliphatic carbocycles. The molecule has 0 aliphatic heterocycles. The molecule has 164 valence electrons. The Hall–Kier alpha value is -2.66. The normalized spacial score (nSPS) is 11.7. The largest absolute Gasteiger partial charge is 0.493 e. The molecule has 0 unspecified atom stereocenters. The van der Waals surface area contributed by atoms with Crippen LogP contribution in [-0.4, -0.2) is 41.3 Å². The van der Waals surface area contributed by atoms with Gasteiger partial charge in [0.15, 0.2) is 11.5 Å². The summed E-state index contributed by atoms with van der Waals surface area (Å²) in [6, 6.07) is 7.05. The Balaban J connectivity index is 2.30. The summed E-state index contributed by atoms with van der Waals surface area (Å²) in [5.74, 6) is -0.276. The van der Waals surface area contributed by atoms with Gasteiger partial charge in [0.1, 0.15) is 6.54 Å². The number of alkyl halides is 3. The third-order valence-corrected chi connectivity index (χ3v) is 5.37. The summed E-state index contributed by atoms with van der Waals surface area (Å²) in [4.78, 5) is 12.4. The molecule has 0 bridgehead atoms. The lowest BCUT2D eigenvalue weighted by molar-refractivity contribution is -0.137. The third-order valence-electron chi connectivity index (χ3n) is 3.90. The number of nitrogens with one attached hydrogen (secondary N) is 1. The van der Waals surface area contributed by atoms with E-state index in [9.17, 15) is 26.4 Å². The van der Waals surface area contributed by atoms with Crippen LogP contribution in [0.25, 0.3) is 0 Å². The van der Waals surface area contributed by atoms with Crippen LogP contribution in [0.2, 0.25) is 5.02 Å². The number of ether oxygens (including phenoxy) is 2. The lowest BCUT2D eigenvalue weighted by Gasteiger charge is -2.23. The number of carbonyl (C=O) groups excluding carboxylic acids is 1. The van der Waals surface area contributed by atoms with Crippen LogP contribution < -0.4 is 19.1 Å². The molecule has 7 nitrogen and oxygen atoms in total. The maximum Gasteiger partial charge on any atom is 0.417 e. The molecule has 2 aromatic rings. The fourth-order valence-electron chi connectivity index (χ4n) is 2.53. The molecule has 1 N–H and O–H groups in total. The van der Waals surface area contributed by atoms with Crippen LogP contribution in [0.15, 0.2) is 36.4 Å². The van der Waals surface area contributed by atoms with Crippen molar-refractivity contribution in [3.63, 3.8) is 0 Å². The molecular weight excluding hydrogens is 449 g/mol.